The first kappa shape index (κ1) is 31.5. The third-order valence-corrected chi connectivity index (χ3v) is 6.57. The van der Waals surface area contributed by atoms with Crippen LogP contribution in [0.1, 0.15) is 48.4 Å². The van der Waals surface area contributed by atoms with Crippen molar-refractivity contribution in [1.29, 1.82) is 0 Å². The molecule has 0 aromatic heterocycles. The average molecular weight is 570 g/mol. The van der Waals surface area contributed by atoms with E-state index in [1.165, 1.54) is 6.07 Å². The Hall–Kier alpha value is -2.74. The molecule has 0 unspecified atom stereocenters. The van der Waals surface area contributed by atoms with Crippen LogP contribution < -0.4 is 4.74 Å². The van der Waals surface area contributed by atoms with Gasteiger partial charge in [-0.3, -0.25) is 9.69 Å². The number of hydrogen-bond donors (Lipinski definition) is 1. The van der Waals surface area contributed by atoms with E-state index in [2.05, 4.69) is 11.8 Å². The summed E-state index contributed by atoms with van der Waals surface area (Å²) in [5.41, 5.74) is 1.38. The number of carboxylic acids is 1. The minimum Gasteiger partial charge on any atom is -0.491 e. The van der Waals surface area contributed by atoms with Gasteiger partial charge in [0.1, 0.15) is 5.75 Å². The highest BCUT2D eigenvalue weighted by atomic mass is 35.5. The fourth-order valence-corrected chi connectivity index (χ4v) is 4.52. The van der Waals surface area contributed by atoms with Gasteiger partial charge in [-0.1, -0.05) is 73.1 Å². The van der Waals surface area contributed by atoms with Crippen LogP contribution in [0.25, 0.3) is 0 Å². The smallest absolute Gasteiger partial charge is 0.417 e. The quantitative estimate of drug-likeness (QED) is 0.241. The third-order valence-electron chi connectivity index (χ3n) is 6.12. The van der Waals surface area contributed by atoms with Crippen molar-refractivity contribution in [2.24, 2.45) is 0 Å². The predicted octanol–water partition coefficient (Wildman–Crippen LogP) is 7.87. The highest BCUT2D eigenvalue weighted by Gasteiger charge is 2.34. The monoisotopic (exact) mass is 569 g/mol. The molecular formula is C29H32Cl2F3NO3. The summed E-state index contributed by atoms with van der Waals surface area (Å²) in [7, 11) is 0. The Morgan fingerprint density at radius 1 is 1.03 bits per heavy atom. The number of carboxylic acid groups (broad SMARTS) is 1. The fraction of sp³-hybridized carbons (Fsp3) is 0.345. The molecule has 0 amide bonds. The fourth-order valence-electron chi connectivity index (χ4n) is 4.23. The molecule has 0 spiro atoms. The number of aliphatic carboxylic acids is 1. The van der Waals surface area contributed by atoms with Gasteiger partial charge in [-0.2, -0.15) is 13.2 Å². The summed E-state index contributed by atoms with van der Waals surface area (Å²) in [5, 5.41) is 8.75. The molecule has 0 aliphatic heterocycles. The second kappa shape index (κ2) is 14.4. The van der Waals surface area contributed by atoms with Gasteiger partial charge >= 0.3 is 12.1 Å². The number of rotatable bonds is 12. The summed E-state index contributed by atoms with van der Waals surface area (Å²) in [6, 6.07) is 20.9. The number of benzene rings is 3. The predicted molar refractivity (Wildman–Crippen MR) is 146 cm³/mol. The van der Waals surface area contributed by atoms with E-state index in [9.17, 15) is 18.0 Å². The summed E-state index contributed by atoms with van der Waals surface area (Å²) in [5.74, 6) is -0.187. The Balaban J connectivity index is 0.00000507. The molecule has 9 heteroatoms. The van der Waals surface area contributed by atoms with Gasteiger partial charge in [0.15, 0.2) is 0 Å². The van der Waals surface area contributed by atoms with Crippen LogP contribution in [0.5, 0.6) is 5.75 Å². The van der Waals surface area contributed by atoms with Crippen molar-refractivity contribution < 1.29 is 27.8 Å². The molecule has 3 aromatic carbocycles. The Bertz CT molecular complexity index is 1180. The molecular weight excluding hydrogens is 538 g/mol. The second-order valence-corrected chi connectivity index (χ2v) is 9.64. The summed E-state index contributed by atoms with van der Waals surface area (Å²) < 4.78 is 46.2. The van der Waals surface area contributed by atoms with Crippen molar-refractivity contribution in [2.45, 2.75) is 51.4 Å². The van der Waals surface area contributed by atoms with Gasteiger partial charge in [-0.15, -0.1) is 12.4 Å². The molecule has 2 atom stereocenters. The van der Waals surface area contributed by atoms with Crippen LogP contribution in [-0.4, -0.2) is 35.2 Å². The van der Waals surface area contributed by atoms with Gasteiger partial charge in [-0.25, -0.2) is 0 Å². The number of hydrogen-bond acceptors (Lipinski definition) is 3. The second-order valence-electron chi connectivity index (χ2n) is 9.26. The molecule has 3 aromatic rings. The standard InChI is InChI=1S/C29H31ClF3NO3.ClH/c1-20(23-9-4-3-5-10-23)18-34(19-24-11-7-13-26(28(24)30)29(31,32)33)15-14-21(2)37-25-12-6-8-22(16-25)17-27(35)36;/h3-13,16,20-21H,14-15,17-19H2,1-2H3,(H,35,36);1H/t20-,21-;/m1./s1. The van der Waals surface area contributed by atoms with Crippen LogP contribution in [0.3, 0.4) is 0 Å². The first-order valence-electron chi connectivity index (χ1n) is 12.1. The van der Waals surface area contributed by atoms with Gasteiger partial charge in [-0.05, 0) is 54.2 Å². The van der Waals surface area contributed by atoms with Crippen molar-refractivity contribution in [3.8, 4) is 5.75 Å². The Morgan fingerprint density at radius 3 is 2.37 bits per heavy atom. The van der Waals surface area contributed by atoms with Crippen molar-refractivity contribution >= 4 is 30.0 Å². The van der Waals surface area contributed by atoms with Crippen molar-refractivity contribution in [3.63, 3.8) is 0 Å². The Morgan fingerprint density at radius 2 is 1.71 bits per heavy atom. The lowest BCUT2D eigenvalue weighted by Crippen LogP contribution is -2.31. The van der Waals surface area contributed by atoms with Gasteiger partial charge < -0.3 is 9.84 Å². The van der Waals surface area contributed by atoms with Gasteiger partial charge in [0.2, 0.25) is 0 Å². The number of nitrogens with zero attached hydrogens (tertiary/aromatic N) is 1. The topological polar surface area (TPSA) is 49.8 Å². The lowest BCUT2D eigenvalue weighted by atomic mass is 10.00. The molecule has 0 aliphatic carbocycles. The van der Waals surface area contributed by atoms with Gasteiger partial charge in [0.25, 0.3) is 0 Å². The molecule has 4 nitrogen and oxygen atoms in total. The number of carbonyl (C=O) groups is 1. The van der Waals surface area contributed by atoms with Crippen molar-refractivity contribution in [2.75, 3.05) is 13.1 Å². The third kappa shape index (κ3) is 9.53. The summed E-state index contributed by atoms with van der Waals surface area (Å²) in [6.45, 7) is 5.46. The SMILES string of the molecule is C[C@H](CCN(Cc1cccc(C(F)(F)F)c1Cl)C[C@@H](C)c1ccccc1)Oc1cccc(CC(=O)O)c1.Cl. The molecule has 0 heterocycles. The molecule has 0 bridgehead atoms. The van der Waals surface area contributed by atoms with Gasteiger partial charge in [0.05, 0.1) is 23.1 Å². The van der Waals surface area contributed by atoms with Crippen molar-refractivity contribution in [1.82, 2.24) is 4.90 Å². The molecule has 0 radical (unpaired) electrons. The molecule has 3 rings (SSSR count). The highest BCUT2D eigenvalue weighted by molar-refractivity contribution is 6.32. The lowest BCUT2D eigenvalue weighted by Gasteiger charge is -2.28. The molecule has 206 valence electrons. The summed E-state index contributed by atoms with van der Waals surface area (Å²) in [4.78, 5) is 13.1. The minimum atomic E-state index is -4.52. The van der Waals surface area contributed by atoms with Crippen LogP contribution in [0.2, 0.25) is 5.02 Å². The maximum atomic E-state index is 13.4. The highest BCUT2D eigenvalue weighted by Crippen LogP contribution is 2.36. The minimum absolute atomic E-state index is 0. The van der Waals surface area contributed by atoms with E-state index in [-0.39, 0.29) is 42.4 Å². The molecule has 1 N–H and O–H groups in total. The molecule has 0 saturated carbocycles. The van der Waals surface area contributed by atoms with E-state index in [1.54, 1.807) is 30.3 Å². The summed E-state index contributed by atoms with van der Waals surface area (Å²) in [6.07, 6.45) is -4.20. The number of alkyl halides is 3. The van der Waals surface area contributed by atoms with Gasteiger partial charge in [0, 0.05) is 19.6 Å². The first-order chi connectivity index (χ1) is 17.5. The summed E-state index contributed by atoms with van der Waals surface area (Å²) >= 11 is 6.20. The van der Waals surface area contributed by atoms with E-state index in [0.717, 1.165) is 11.6 Å². The zero-order valence-electron chi connectivity index (χ0n) is 21.2. The Kier molecular flexibility index (Phi) is 11.9. The molecule has 0 saturated heterocycles. The normalized spacial score (nSPS) is 13.0. The van der Waals surface area contributed by atoms with Crippen LogP contribution >= 0.6 is 24.0 Å². The lowest BCUT2D eigenvalue weighted by molar-refractivity contribution is -0.138. The van der Waals surface area contributed by atoms with E-state index >= 15 is 0 Å². The molecule has 38 heavy (non-hydrogen) atoms. The molecule has 0 fully saturated rings. The van der Waals surface area contributed by atoms with Crippen LogP contribution in [-0.2, 0) is 23.9 Å². The average Bonchev–Trinajstić information content (AvgIpc) is 2.83. The zero-order chi connectivity index (χ0) is 27.0. The van der Waals surface area contributed by atoms with E-state index in [4.69, 9.17) is 21.4 Å². The van der Waals surface area contributed by atoms with Crippen molar-refractivity contribution in [3.05, 3.63) is 100 Å². The molecule has 0 aliphatic rings. The van der Waals surface area contributed by atoms with E-state index < -0.39 is 17.7 Å². The maximum Gasteiger partial charge on any atom is 0.417 e. The van der Waals surface area contributed by atoms with Crippen LogP contribution in [0.4, 0.5) is 13.2 Å². The first-order valence-corrected chi connectivity index (χ1v) is 12.5. The number of halogens is 5. The Labute approximate surface area is 232 Å². The van der Waals surface area contributed by atoms with E-state index in [0.29, 0.717) is 36.4 Å². The van der Waals surface area contributed by atoms with Crippen LogP contribution in [0.15, 0.2) is 72.8 Å². The maximum absolute atomic E-state index is 13.4. The largest absolute Gasteiger partial charge is 0.491 e. The van der Waals surface area contributed by atoms with Crippen LogP contribution in [0, 0.1) is 0 Å². The van der Waals surface area contributed by atoms with E-state index in [1.807, 2.05) is 37.3 Å². The zero-order valence-corrected chi connectivity index (χ0v) is 22.8. The number of ether oxygens (including phenoxy) is 1.